The van der Waals surface area contributed by atoms with Gasteiger partial charge in [0.2, 0.25) is 0 Å². The van der Waals surface area contributed by atoms with Crippen molar-refractivity contribution in [2.24, 2.45) is 0 Å². The van der Waals surface area contributed by atoms with E-state index in [1.807, 2.05) is 24.3 Å². The molecule has 0 bridgehead atoms. The Hall–Kier alpha value is -2.67. The summed E-state index contributed by atoms with van der Waals surface area (Å²) in [5.41, 5.74) is 1.57. The Labute approximate surface area is 104 Å². The highest BCUT2D eigenvalue weighted by Crippen LogP contribution is 2.29. The highest BCUT2D eigenvalue weighted by Gasteiger charge is 2.20. The summed E-state index contributed by atoms with van der Waals surface area (Å²) in [7, 11) is 0. The van der Waals surface area contributed by atoms with Crippen molar-refractivity contribution in [2.45, 2.75) is 5.92 Å². The van der Waals surface area contributed by atoms with Crippen molar-refractivity contribution in [3.8, 4) is 6.07 Å². The molecule has 2 heterocycles. The van der Waals surface area contributed by atoms with E-state index < -0.39 is 5.92 Å². The molecule has 86 valence electrons. The second-order valence-corrected chi connectivity index (χ2v) is 3.86. The van der Waals surface area contributed by atoms with Crippen molar-refractivity contribution in [1.29, 1.82) is 5.26 Å². The van der Waals surface area contributed by atoms with Gasteiger partial charge in [-0.05, 0) is 12.1 Å². The van der Waals surface area contributed by atoms with Crippen molar-refractivity contribution < 1.29 is 4.42 Å². The number of hydrogen-bond donors (Lipinski definition) is 0. The quantitative estimate of drug-likeness (QED) is 0.685. The summed E-state index contributed by atoms with van der Waals surface area (Å²) < 4.78 is 5.45. The van der Waals surface area contributed by atoms with Gasteiger partial charge in [-0.1, -0.05) is 18.2 Å². The highest BCUT2D eigenvalue weighted by molar-refractivity contribution is 5.82. The number of nitrogens with zero attached hydrogens (tertiary/aromatic N) is 3. The Morgan fingerprint density at radius 3 is 2.67 bits per heavy atom. The van der Waals surface area contributed by atoms with Gasteiger partial charge < -0.3 is 4.42 Å². The maximum absolute atomic E-state index is 9.34. The molecule has 4 nitrogen and oxygen atoms in total. The van der Waals surface area contributed by atoms with Gasteiger partial charge in [0.15, 0.2) is 0 Å². The van der Waals surface area contributed by atoms with E-state index in [1.54, 1.807) is 24.7 Å². The zero-order chi connectivity index (χ0) is 12.4. The van der Waals surface area contributed by atoms with Crippen LogP contribution in [0.4, 0.5) is 0 Å². The van der Waals surface area contributed by atoms with Crippen molar-refractivity contribution in [2.75, 3.05) is 0 Å². The van der Waals surface area contributed by atoms with Crippen LogP contribution < -0.4 is 0 Å². The predicted octanol–water partition coefficient (Wildman–Crippen LogP) is 2.88. The lowest BCUT2D eigenvalue weighted by atomic mass is 9.99. The minimum atomic E-state index is -0.505. The number of benzene rings is 1. The molecule has 3 aromatic rings. The summed E-state index contributed by atoms with van der Waals surface area (Å²) in [6.45, 7) is 0. The van der Waals surface area contributed by atoms with E-state index >= 15 is 0 Å². The van der Waals surface area contributed by atoms with Crippen LogP contribution in [-0.4, -0.2) is 9.97 Å². The zero-order valence-corrected chi connectivity index (χ0v) is 9.45. The number of aromatic nitrogens is 2. The standard InChI is InChI=1S/C14H9N3O/c15-8-11(14-16-6-3-7-17-14)12-9-18-13-5-2-1-4-10(12)13/h1-7,9,11H. The van der Waals surface area contributed by atoms with Gasteiger partial charge in [0.05, 0.1) is 12.3 Å². The van der Waals surface area contributed by atoms with Gasteiger partial charge in [-0.25, -0.2) is 9.97 Å². The molecule has 4 heteroatoms. The van der Waals surface area contributed by atoms with E-state index in [-0.39, 0.29) is 0 Å². The molecule has 0 aliphatic heterocycles. The fourth-order valence-corrected chi connectivity index (χ4v) is 1.95. The molecule has 18 heavy (non-hydrogen) atoms. The molecule has 0 saturated carbocycles. The first-order chi connectivity index (χ1) is 8.90. The molecule has 1 aromatic carbocycles. The number of fused-ring (bicyclic) bond motifs is 1. The smallest absolute Gasteiger partial charge is 0.149 e. The van der Waals surface area contributed by atoms with Crippen LogP contribution in [0.2, 0.25) is 0 Å². The zero-order valence-electron chi connectivity index (χ0n) is 9.45. The van der Waals surface area contributed by atoms with Gasteiger partial charge in [0, 0.05) is 23.3 Å². The van der Waals surface area contributed by atoms with E-state index in [4.69, 9.17) is 4.42 Å². The van der Waals surface area contributed by atoms with Crippen molar-refractivity contribution in [1.82, 2.24) is 9.97 Å². The Balaban J connectivity index is 2.16. The average molecular weight is 235 g/mol. The number of rotatable bonds is 2. The van der Waals surface area contributed by atoms with Crippen molar-refractivity contribution >= 4 is 11.0 Å². The minimum Gasteiger partial charge on any atom is -0.464 e. The van der Waals surface area contributed by atoms with Gasteiger partial charge >= 0.3 is 0 Å². The fraction of sp³-hybridized carbons (Fsp3) is 0.0714. The molecule has 0 saturated heterocycles. The number of hydrogen-bond acceptors (Lipinski definition) is 4. The molecule has 0 aliphatic carbocycles. The third-order valence-electron chi connectivity index (χ3n) is 2.79. The number of furan rings is 1. The van der Waals surface area contributed by atoms with Crippen LogP contribution in [0.1, 0.15) is 17.3 Å². The largest absolute Gasteiger partial charge is 0.464 e. The summed E-state index contributed by atoms with van der Waals surface area (Å²) >= 11 is 0. The van der Waals surface area contributed by atoms with Crippen LogP contribution in [0.25, 0.3) is 11.0 Å². The van der Waals surface area contributed by atoms with E-state index in [0.29, 0.717) is 5.82 Å². The Kier molecular flexibility index (Phi) is 2.50. The van der Waals surface area contributed by atoms with Gasteiger partial charge in [0.1, 0.15) is 17.3 Å². The third-order valence-corrected chi connectivity index (χ3v) is 2.79. The second-order valence-electron chi connectivity index (χ2n) is 3.86. The lowest BCUT2D eigenvalue weighted by Gasteiger charge is -2.04. The Morgan fingerprint density at radius 1 is 1.11 bits per heavy atom. The monoisotopic (exact) mass is 235 g/mol. The fourth-order valence-electron chi connectivity index (χ4n) is 1.95. The molecule has 1 unspecified atom stereocenters. The maximum Gasteiger partial charge on any atom is 0.149 e. The number of para-hydroxylation sites is 1. The molecule has 0 aliphatic rings. The average Bonchev–Trinajstić information content (AvgIpc) is 2.85. The van der Waals surface area contributed by atoms with E-state index in [1.165, 1.54) is 0 Å². The molecule has 0 fully saturated rings. The molecule has 0 amide bonds. The molecule has 0 radical (unpaired) electrons. The summed E-state index contributed by atoms with van der Waals surface area (Å²) in [4.78, 5) is 8.27. The molecular weight excluding hydrogens is 226 g/mol. The lowest BCUT2D eigenvalue weighted by molar-refractivity contribution is 0.609. The predicted molar refractivity (Wildman–Crippen MR) is 65.7 cm³/mol. The Bertz CT molecular complexity index is 712. The first-order valence-electron chi connectivity index (χ1n) is 5.53. The van der Waals surface area contributed by atoms with E-state index in [9.17, 15) is 5.26 Å². The van der Waals surface area contributed by atoms with Crippen LogP contribution in [0.15, 0.2) is 53.4 Å². The Morgan fingerprint density at radius 2 is 1.89 bits per heavy atom. The summed E-state index contributed by atoms with van der Waals surface area (Å²) in [5, 5.41) is 10.3. The van der Waals surface area contributed by atoms with Crippen LogP contribution in [0.5, 0.6) is 0 Å². The van der Waals surface area contributed by atoms with Crippen molar-refractivity contribution in [3.05, 3.63) is 60.4 Å². The molecule has 0 N–H and O–H groups in total. The summed E-state index contributed by atoms with van der Waals surface area (Å²) in [5.74, 6) is -0.0126. The minimum absolute atomic E-state index is 0.492. The van der Waals surface area contributed by atoms with Crippen LogP contribution in [-0.2, 0) is 0 Å². The van der Waals surface area contributed by atoms with Crippen LogP contribution in [0, 0.1) is 11.3 Å². The normalized spacial score (nSPS) is 12.2. The molecule has 2 aromatic heterocycles. The lowest BCUT2D eigenvalue weighted by Crippen LogP contribution is -2.02. The van der Waals surface area contributed by atoms with Gasteiger partial charge in [-0.2, -0.15) is 5.26 Å². The molecule has 0 spiro atoms. The summed E-state index contributed by atoms with van der Waals surface area (Å²) in [6, 6.07) is 11.6. The van der Waals surface area contributed by atoms with E-state index in [2.05, 4.69) is 16.0 Å². The molecule has 3 rings (SSSR count). The number of nitriles is 1. The second kappa shape index (κ2) is 4.30. The van der Waals surface area contributed by atoms with Crippen LogP contribution >= 0.6 is 0 Å². The SMILES string of the molecule is N#CC(c1ncccn1)c1coc2ccccc12. The van der Waals surface area contributed by atoms with Crippen LogP contribution in [0.3, 0.4) is 0 Å². The topological polar surface area (TPSA) is 62.7 Å². The molecular formula is C14H9N3O. The van der Waals surface area contributed by atoms with Gasteiger partial charge in [-0.3, -0.25) is 0 Å². The first-order valence-corrected chi connectivity index (χ1v) is 5.53. The highest BCUT2D eigenvalue weighted by atomic mass is 16.3. The first kappa shape index (κ1) is 10.5. The van der Waals surface area contributed by atoms with Crippen molar-refractivity contribution in [3.63, 3.8) is 0 Å². The third kappa shape index (κ3) is 1.62. The summed E-state index contributed by atoms with van der Waals surface area (Å²) in [6.07, 6.45) is 4.87. The molecule has 1 atom stereocenters. The van der Waals surface area contributed by atoms with E-state index in [0.717, 1.165) is 16.5 Å². The maximum atomic E-state index is 9.34. The van der Waals surface area contributed by atoms with Gasteiger partial charge in [0.25, 0.3) is 0 Å². The van der Waals surface area contributed by atoms with Gasteiger partial charge in [-0.15, -0.1) is 0 Å².